The standard InChI is InChI=1S/C29H31NO3/c1-29(2,32)15-14-21-6-8-22(9-7-21)19-30-16-4-5-26(20-30)28(31)25-11-10-24-18-27(33-3)13-12-23(24)17-25/h6-13,17-18,26,32H,4-5,16,19-20H2,1-3H3/t26-/m1/s1. The number of nitrogens with zero attached hydrogens (tertiary/aromatic N) is 1. The van der Waals surface area contributed by atoms with Crippen LogP contribution in [-0.2, 0) is 6.54 Å². The molecule has 0 radical (unpaired) electrons. The van der Waals surface area contributed by atoms with E-state index in [1.165, 1.54) is 5.56 Å². The number of methoxy groups -OCH3 is 1. The summed E-state index contributed by atoms with van der Waals surface area (Å²) in [5, 5.41) is 11.9. The maximum absolute atomic E-state index is 13.3. The third-order valence-corrected chi connectivity index (χ3v) is 6.08. The second-order valence-corrected chi connectivity index (χ2v) is 9.37. The minimum Gasteiger partial charge on any atom is -0.497 e. The van der Waals surface area contributed by atoms with E-state index in [0.717, 1.165) is 60.1 Å². The molecule has 1 atom stereocenters. The highest BCUT2D eigenvalue weighted by molar-refractivity contribution is 6.01. The summed E-state index contributed by atoms with van der Waals surface area (Å²) in [7, 11) is 1.66. The minimum atomic E-state index is -0.994. The number of aliphatic hydroxyl groups is 1. The molecule has 0 aliphatic carbocycles. The first-order valence-corrected chi connectivity index (χ1v) is 11.5. The molecular formula is C29H31NO3. The van der Waals surface area contributed by atoms with Crippen LogP contribution in [0.3, 0.4) is 0 Å². The van der Waals surface area contributed by atoms with Crippen LogP contribution in [0.4, 0.5) is 0 Å². The zero-order valence-electron chi connectivity index (χ0n) is 19.6. The second-order valence-electron chi connectivity index (χ2n) is 9.37. The van der Waals surface area contributed by atoms with Crippen LogP contribution in [0.5, 0.6) is 5.75 Å². The number of fused-ring (bicyclic) bond motifs is 1. The van der Waals surface area contributed by atoms with Crippen molar-refractivity contribution in [1.29, 1.82) is 0 Å². The van der Waals surface area contributed by atoms with Crippen molar-refractivity contribution in [1.82, 2.24) is 4.90 Å². The smallest absolute Gasteiger partial charge is 0.167 e. The van der Waals surface area contributed by atoms with Gasteiger partial charge in [-0.1, -0.05) is 42.2 Å². The van der Waals surface area contributed by atoms with Crippen molar-refractivity contribution in [2.45, 2.75) is 38.8 Å². The number of ether oxygens (including phenoxy) is 1. The molecule has 0 bridgehead atoms. The van der Waals surface area contributed by atoms with Crippen LogP contribution in [0.25, 0.3) is 10.8 Å². The maximum atomic E-state index is 13.3. The summed E-state index contributed by atoms with van der Waals surface area (Å²) in [6.07, 6.45) is 1.96. The van der Waals surface area contributed by atoms with Crippen molar-refractivity contribution < 1.29 is 14.6 Å². The van der Waals surface area contributed by atoms with Crippen LogP contribution in [0.15, 0.2) is 60.7 Å². The van der Waals surface area contributed by atoms with E-state index in [1.807, 2.05) is 48.5 Å². The molecular weight excluding hydrogens is 410 g/mol. The Morgan fingerprint density at radius 3 is 2.55 bits per heavy atom. The van der Waals surface area contributed by atoms with E-state index in [0.29, 0.717) is 0 Å². The lowest BCUT2D eigenvalue weighted by Crippen LogP contribution is -2.38. The predicted octanol–water partition coefficient (Wildman–Crippen LogP) is 5.07. The summed E-state index contributed by atoms with van der Waals surface area (Å²) in [5.41, 5.74) is 1.89. The van der Waals surface area contributed by atoms with E-state index < -0.39 is 5.60 Å². The molecule has 170 valence electrons. The first-order chi connectivity index (χ1) is 15.8. The average molecular weight is 442 g/mol. The number of benzene rings is 3. The average Bonchev–Trinajstić information content (AvgIpc) is 2.82. The Hall–Kier alpha value is -3.13. The molecule has 4 heteroatoms. The van der Waals surface area contributed by atoms with Crippen molar-refractivity contribution >= 4 is 16.6 Å². The summed E-state index contributed by atoms with van der Waals surface area (Å²) < 4.78 is 5.30. The van der Waals surface area contributed by atoms with Crippen molar-refractivity contribution in [3.8, 4) is 17.6 Å². The first-order valence-electron chi connectivity index (χ1n) is 11.5. The zero-order chi connectivity index (χ0) is 23.4. The van der Waals surface area contributed by atoms with Crippen LogP contribution < -0.4 is 4.74 Å². The van der Waals surface area contributed by atoms with Gasteiger partial charge in [0.05, 0.1) is 7.11 Å². The molecule has 0 saturated carbocycles. The Kier molecular flexibility index (Phi) is 6.83. The van der Waals surface area contributed by atoms with Gasteiger partial charge < -0.3 is 9.84 Å². The molecule has 3 aromatic rings. The fraction of sp³-hybridized carbons (Fsp3) is 0.345. The number of carbonyl (C=O) groups is 1. The van der Waals surface area contributed by atoms with Gasteiger partial charge in [0, 0.05) is 30.1 Å². The fourth-order valence-corrected chi connectivity index (χ4v) is 4.33. The number of hydrogen-bond acceptors (Lipinski definition) is 4. The number of ketones is 1. The number of hydrogen-bond donors (Lipinski definition) is 1. The Morgan fingerprint density at radius 1 is 1.09 bits per heavy atom. The molecule has 1 saturated heterocycles. The number of carbonyl (C=O) groups excluding carboxylic acids is 1. The lowest BCUT2D eigenvalue weighted by atomic mass is 9.89. The normalized spacial score (nSPS) is 16.8. The minimum absolute atomic E-state index is 0.0198. The second kappa shape index (κ2) is 9.79. The Bertz CT molecular complexity index is 1200. The van der Waals surface area contributed by atoms with E-state index in [4.69, 9.17) is 4.74 Å². The Labute approximate surface area is 196 Å². The third-order valence-electron chi connectivity index (χ3n) is 6.08. The van der Waals surface area contributed by atoms with Gasteiger partial charge in [-0.15, -0.1) is 0 Å². The number of rotatable bonds is 5. The predicted molar refractivity (Wildman–Crippen MR) is 132 cm³/mol. The van der Waals surface area contributed by atoms with E-state index in [1.54, 1.807) is 21.0 Å². The van der Waals surface area contributed by atoms with Gasteiger partial charge in [0.2, 0.25) is 0 Å². The number of piperidine rings is 1. The highest BCUT2D eigenvalue weighted by Gasteiger charge is 2.26. The van der Waals surface area contributed by atoms with E-state index in [9.17, 15) is 9.90 Å². The van der Waals surface area contributed by atoms with Crippen LogP contribution in [0.1, 0.15) is 48.2 Å². The molecule has 33 heavy (non-hydrogen) atoms. The van der Waals surface area contributed by atoms with Gasteiger partial charge >= 0.3 is 0 Å². The first kappa shape index (κ1) is 23.0. The molecule has 0 spiro atoms. The highest BCUT2D eigenvalue weighted by Crippen LogP contribution is 2.26. The molecule has 0 aromatic heterocycles. The fourth-order valence-electron chi connectivity index (χ4n) is 4.33. The van der Waals surface area contributed by atoms with Crippen molar-refractivity contribution in [2.75, 3.05) is 20.2 Å². The molecule has 1 aliphatic heterocycles. The van der Waals surface area contributed by atoms with Crippen LogP contribution >= 0.6 is 0 Å². The molecule has 0 amide bonds. The van der Waals surface area contributed by atoms with Gasteiger partial charge in [0.1, 0.15) is 11.4 Å². The van der Waals surface area contributed by atoms with Gasteiger partial charge in [0.25, 0.3) is 0 Å². The van der Waals surface area contributed by atoms with Gasteiger partial charge in [-0.25, -0.2) is 0 Å². The molecule has 1 aliphatic rings. The molecule has 1 fully saturated rings. The van der Waals surface area contributed by atoms with Crippen molar-refractivity contribution in [2.24, 2.45) is 5.92 Å². The van der Waals surface area contributed by atoms with E-state index in [2.05, 4.69) is 28.9 Å². The summed E-state index contributed by atoms with van der Waals surface area (Å²) >= 11 is 0. The Morgan fingerprint density at radius 2 is 1.82 bits per heavy atom. The Balaban J connectivity index is 1.41. The molecule has 4 rings (SSSR count). The van der Waals surface area contributed by atoms with Crippen LogP contribution in [0, 0.1) is 17.8 Å². The molecule has 3 aromatic carbocycles. The summed E-state index contributed by atoms with van der Waals surface area (Å²) in [6.45, 7) is 5.96. The van der Waals surface area contributed by atoms with Gasteiger partial charge in [-0.3, -0.25) is 9.69 Å². The topological polar surface area (TPSA) is 49.8 Å². The molecule has 1 N–H and O–H groups in total. The van der Waals surface area contributed by atoms with Gasteiger partial charge in [-0.2, -0.15) is 0 Å². The largest absolute Gasteiger partial charge is 0.497 e. The maximum Gasteiger partial charge on any atom is 0.167 e. The molecule has 1 heterocycles. The van der Waals surface area contributed by atoms with Gasteiger partial charge in [-0.05, 0) is 79.9 Å². The highest BCUT2D eigenvalue weighted by atomic mass is 16.5. The van der Waals surface area contributed by atoms with Crippen molar-refractivity contribution in [3.05, 3.63) is 77.4 Å². The monoisotopic (exact) mass is 441 g/mol. The third kappa shape index (κ3) is 6.01. The zero-order valence-corrected chi connectivity index (χ0v) is 19.6. The van der Waals surface area contributed by atoms with E-state index in [-0.39, 0.29) is 11.7 Å². The van der Waals surface area contributed by atoms with Crippen LogP contribution in [-0.4, -0.2) is 41.6 Å². The summed E-state index contributed by atoms with van der Waals surface area (Å²) in [5.74, 6) is 6.92. The lowest BCUT2D eigenvalue weighted by molar-refractivity contribution is 0.0811. The summed E-state index contributed by atoms with van der Waals surface area (Å²) in [4.78, 5) is 15.6. The quantitative estimate of drug-likeness (QED) is 0.444. The molecule has 0 unspecified atom stereocenters. The van der Waals surface area contributed by atoms with E-state index >= 15 is 0 Å². The van der Waals surface area contributed by atoms with Gasteiger partial charge in [0.15, 0.2) is 5.78 Å². The van der Waals surface area contributed by atoms with Crippen molar-refractivity contribution in [3.63, 3.8) is 0 Å². The SMILES string of the molecule is COc1ccc2cc(C(=O)[C@@H]3CCCN(Cc4ccc(C#CC(C)(C)O)cc4)C3)ccc2c1. The lowest BCUT2D eigenvalue weighted by Gasteiger charge is -2.32. The van der Waals surface area contributed by atoms with Crippen LogP contribution in [0.2, 0.25) is 0 Å². The summed E-state index contributed by atoms with van der Waals surface area (Å²) in [6, 6.07) is 20.0. The molecule has 4 nitrogen and oxygen atoms in total. The number of likely N-dealkylation sites (tertiary alicyclic amines) is 1. The number of Topliss-reactive ketones (excluding diaryl/α,β-unsaturated/α-hetero) is 1.